The molecule has 0 aliphatic rings. The SMILES string of the molecule is CCN(CC)C(=O)Oc1c(I)cncc1[Si](C)(C)C. The van der Waals surface area contributed by atoms with Crippen LogP contribution in [0.15, 0.2) is 12.4 Å². The van der Waals surface area contributed by atoms with Gasteiger partial charge in [-0.15, -0.1) is 0 Å². The average Bonchev–Trinajstić information content (AvgIpc) is 2.32. The van der Waals surface area contributed by atoms with Crippen LogP contribution in [0.2, 0.25) is 19.6 Å². The van der Waals surface area contributed by atoms with E-state index in [9.17, 15) is 4.79 Å². The Hall–Kier alpha value is -0.633. The second-order valence-electron chi connectivity index (χ2n) is 5.29. The Morgan fingerprint density at radius 2 is 1.89 bits per heavy atom. The molecule has 0 radical (unpaired) electrons. The molecule has 0 saturated heterocycles. The number of nitrogens with zero attached hydrogens (tertiary/aromatic N) is 2. The molecular formula is C13H21IN2O2Si. The first-order valence-electron chi connectivity index (χ1n) is 6.42. The Bertz CT molecular complexity index is 456. The number of hydrogen-bond acceptors (Lipinski definition) is 3. The van der Waals surface area contributed by atoms with Gasteiger partial charge in [-0.2, -0.15) is 0 Å². The van der Waals surface area contributed by atoms with Crippen molar-refractivity contribution < 1.29 is 9.53 Å². The highest BCUT2D eigenvalue weighted by Crippen LogP contribution is 2.21. The van der Waals surface area contributed by atoms with E-state index in [-0.39, 0.29) is 6.09 Å². The molecule has 1 heterocycles. The van der Waals surface area contributed by atoms with Crippen molar-refractivity contribution in [3.05, 3.63) is 16.0 Å². The third-order valence-electron chi connectivity index (χ3n) is 2.87. The number of aromatic nitrogens is 1. The zero-order valence-corrected chi connectivity index (χ0v) is 15.3. The van der Waals surface area contributed by atoms with E-state index in [1.807, 2.05) is 20.0 Å². The quantitative estimate of drug-likeness (QED) is 0.584. The van der Waals surface area contributed by atoms with Crippen molar-refractivity contribution in [3.8, 4) is 5.75 Å². The van der Waals surface area contributed by atoms with Crippen LogP contribution < -0.4 is 9.92 Å². The van der Waals surface area contributed by atoms with E-state index in [1.54, 1.807) is 11.1 Å². The van der Waals surface area contributed by atoms with E-state index in [0.717, 1.165) is 8.76 Å². The molecule has 19 heavy (non-hydrogen) atoms. The molecule has 6 heteroatoms. The molecule has 1 rings (SSSR count). The zero-order chi connectivity index (χ0) is 14.6. The number of hydrogen-bond donors (Lipinski definition) is 0. The van der Waals surface area contributed by atoms with E-state index in [4.69, 9.17) is 4.74 Å². The van der Waals surface area contributed by atoms with Crippen LogP contribution in [-0.4, -0.2) is 37.1 Å². The summed E-state index contributed by atoms with van der Waals surface area (Å²) in [6.45, 7) is 11.8. The number of ether oxygens (including phenoxy) is 1. The molecule has 0 unspecified atom stereocenters. The van der Waals surface area contributed by atoms with Crippen molar-refractivity contribution in [2.45, 2.75) is 33.5 Å². The van der Waals surface area contributed by atoms with Gasteiger partial charge in [0.1, 0.15) is 5.75 Å². The summed E-state index contributed by atoms with van der Waals surface area (Å²) < 4.78 is 6.51. The number of halogens is 1. The Morgan fingerprint density at radius 3 is 2.37 bits per heavy atom. The van der Waals surface area contributed by atoms with Gasteiger partial charge in [0.25, 0.3) is 0 Å². The predicted molar refractivity (Wildman–Crippen MR) is 88.9 cm³/mol. The van der Waals surface area contributed by atoms with Gasteiger partial charge in [-0.1, -0.05) is 19.6 Å². The summed E-state index contributed by atoms with van der Waals surface area (Å²) in [5.41, 5.74) is 0. The van der Waals surface area contributed by atoms with Crippen LogP contribution in [0.4, 0.5) is 4.79 Å². The first-order chi connectivity index (χ1) is 8.81. The summed E-state index contributed by atoms with van der Waals surface area (Å²) in [4.78, 5) is 18.0. The summed E-state index contributed by atoms with van der Waals surface area (Å²) >= 11 is 2.17. The minimum atomic E-state index is -1.59. The Kier molecular flexibility index (Phi) is 5.78. The molecule has 0 fully saturated rings. The molecule has 106 valence electrons. The highest BCUT2D eigenvalue weighted by Gasteiger charge is 2.25. The topological polar surface area (TPSA) is 42.4 Å². The molecule has 0 aliphatic heterocycles. The number of rotatable bonds is 4. The predicted octanol–water partition coefficient (Wildman–Crippen LogP) is 3.07. The molecule has 1 amide bonds. The van der Waals surface area contributed by atoms with Crippen LogP contribution in [0.25, 0.3) is 0 Å². The van der Waals surface area contributed by atoms with Crippen LogP contribution in [-0.2, 0) is 0 Å². The van der Waals surface area contributed by atoms with Crippen LogP contribution in [0.5, 0.6) is 5.75 Å². The normalized spacial score (nSPS) is 11.3. The maximum atomic E-state index is 12.1. The second kappa shape index (κ2) is 6.69. The summed E-state index contributed by atoms with van der Waals surface area (Å²) in [5, 5.41) is 1.08. The third kappa shape index (κ3) is 4.17. The minimum Gasteiger partial charge on any atom is -0.409 e. The molecule has 4 nitrogen and oxygen atoms in total. The molecular weight excluding hydrogens is 371 g/mol. The Labute approximate surface area is 129 Å². The van der Waals surface area contributed by atoms with Gasteiger partial charge < -0.3 is 9.64 Å². The molecule has 0 atom stereocenters. The van der Waals surface area contributed by atoms with Crippen LogP contribution in [0, 0.1) is 3.57 Å². The molecule has 1 aromatic heterocycles. The van der Waals surface area contributed by atoms with Gasteiger partial charge in [0.2, 0.25) is 0 Å². The minimum absolute atomic E-state index is 0.284. The molecule has 0 aliphatic carbocycles. The first-order valence-corrected chi connectivity index (χ1v) is 11.0. The molecule has 0 aromatic carbocycles. The van der Waals surface area contributed by atoms with Crippen molar-refractivity contribution in [1.82, 2.24) is 9.88 Å². The second-order valence-corrected chi connectivity index (χ2v) is 11.5. The summed E-state index contributed by atoms with van der Waals surface area (Å²) in [5.74, 6) is 0.687. The van der Waals surface area contributed by atoms with Gasteiger partial charge in [0.15, 0.2) is 0 Å². The Morgan fingerprint density at radius 1 is 1.32 bits per heavy atom. The van der Waals surface area contributed by atoms with Crippen molar-refractivity contribution in [2.24, 2.45) is 0 Å². The van der Waals surface area contributed by atoms with Gasteiger partial charge in [0, 0.05) is 30.7 Å². The molecule has 0 N–H and O–H groups in total. The van der Waals surface area contributed by atoms with E-state index < -0.39 is 8.07 Å². The molecule has 0 saturated carbocycles. The van der Waals surface area contributed by atoms with E-state index in [2.05, 4.69) is 47.2 Å². The van der Waals surface area contributed by atoms with E-state index in [0.29, 0.717) is 18.8 Å². The van der Waals surface area contributed by atoms with Crippen molar-refractivity contribution in [2.75, 3.05) is 13.1 Å². The fourth-order valence-corrected chi connectivity index (χ4v) is 3.84. The lowest BCUT2D eigenvalue weighted by molar-refractivity contribution is 0.157. The van der Waals surface area contributed by atoms with Gasteiger partial charge in [-0.25, -0.2) is 4.79 Å². The van der Waals surface area contributed by atoms with Gasteiger partial charge in [0.05, 0.1) is 11.6 Å². The fraction of sp³-hybridized carbons (Fsp3) is 0.538. The van der Waals surface area contributed by atoms with Gasteiger partial charge in [-0.3, -0.25) is 4.98 Å². The number of carbonyl (C=O) groups excluding carboxylic acids is 1. The lowest BCUT2D eigenvalue weighted by atomic mass is 10.4. The van der Waals surface area contributed by atoms with Crippen molar-refractivity contribution >= 4 is 41.9 Å². The largest absolute Gasteiger partial charge is 0.415 e. The standard InChI is InChI=1S/C13H21IN2O2Si/c1-6-16(7-2)13(17)18-12-10(14)8-15-9-11(12)19(3,4)5/h8-9H,6-7H2,1-5H3. The van der Waals surface area contributed by atoms with Crippen LogP contribution in [0.1, 0.15) is 13.8 Å². The third-order valence-corrected chi connectivity index (χ3v) is 5.61. The lowest BCUT2D eigenvalue weighted by Crippen LogP contribution is -2.41. The highest BCUT2D eigenvalue weighted by molar-refractivity contribution is 14.1. The summed E-state index contributed by atoms with van der Waals surface area (Å²) in [6, 6.07) is 0. The fourth-order valence-electron chi connectivity index (χ4n) is 1.69. The number of carbonyl (C=O) groups is 1. The Balaban J connectivity index is 3.10. The summed E-state index contributed by atoms with van der Waals surface area (Å²) in [6.07, 6.45) is 3.28. The smallest absolute Gasteiger partial charge is 0.409 e. The van der Waals surface area contributed by atoms with Crippen molar-refractivity contribution in [3.63, 3.8) is 0 Å². The van der Waals surface area contributed by atoms with E-state index >= 15 is 0 Å². The first kappa shape index (κ1) is 16.4. The monoisotopic (exact) mass is 392 g/mol. The number of pyridine rings is 1. The van der Waals surface area contributed by atoms with Gasteiger partial charge >= 0.3 is 6.09 Å². The van der Waals surface area contributed by atoms with Crippen molar-refractivity contribution in [1.29, 1.82) is 0 Å². The van der Waals surface area contributed by atoms with Gasteiger partial charge in [-0.05, 0) is 36.4 Å². The maximum Gasteiger partial charge on any atom is 0.415 e. The van der Waals surface area contributed by atoms with Crippen LogP contribution in [0.3, 0.4) is 0 Å². The molecule has 0 spiro atoms. The zero-order valence-electron chi connectivity index (χ0n) is 12.2. The highest BCUT2D eigenvalue weighted by atomic mass is 127. The average molecular weight is 392 g/mol. The molecule has 1 aromatic rings. The maximum absolute atomic E-state index is 12.1. The van der Waals surface area contributed by atoms with Crippen LogP contribution >= 0.6 is 22.6 Å². The lowest BCUT2D eigenvalue weighted by Gasteiger charge is -2.23. The molecule has 0 bridgehead atoms. The number of amides is 1. The summed E-state index contributed by atoms with van der Waals surface area (Å²) in [7, 11) is -1.59. The van der Waals surface area contributed by atoms with E-state index in [1.165, 1.54) is 0 Å².